The van der Waals surface area contributed by atoms with Gasteiger partial charge in [0.05, 0.1) is 11.3 Å². The molecule has 1 N–H and O–H groups in total. The number of hydrogen-bond acceptors (Lipinski definition) is 3. The molecule has 1 aliphatic heterocycles. The number of aryl methyl sites for hydroxylation is 1. The van der Waals surface area contributed by atoms with Crippen molar-refractivity contribution in [1.29, 1.82) is 0 Å². The van der Waals surface area contributed by atoms with Crippen molar-refractivity contribution < 1.29 is 9.59 Å². The number of nitrogens with zero attached hydrogens (tertiary/aromatic N) is 1. The lowest BCUT2D eigenvalue weighted by molar-refractivity contribution is -0.114. The van der Waals surface area contributed by atoms with Crippen LogP contribution in [0, 0.1) is 13.8 Å². The van der Waals surface area contributed by atoms with Gasteiger partial charge in [-0.2, -0.15) is 0 Å². The number of ketones is 1. The van der Waals surface area contributed by atoms with Gasteiger partial charge >= 0.3 is 0 Å². The molecule has 0 radical (unpaired) electrons. The summed E-state index contributed by atoms with van der Waals surface area (Å²) in [7, 11) is 0. The minimum absolute atomic E-state index is 0.367. The molecule has 0 aromatic heterocycles. The van der Waals surface area contributed by atoms with Crippen LogP contribution in [0.5, 0.6) is 0 Å². The Morgan fingerprint density at radius 2 is 1.89 bits per heavy atom. The summed E-state index contributed by atoms with van der Waals surface area (Å²) in [6, 6.07) is 4.02. The van der Waals surface area contributed by atoms with E-state index in [-0.39, 0.29) is 5.78 Å². The molecule has 4 nitrogen and oxygen atoms in total. The highest BCUT2D eigenvalue weighted by Gasteiger charge is 2.36. The van der Waals surface area contributed by atoms with Gasteiger partial charge in [0, 0.05) is 19.1 Å². The van der Waals surface area contributed by atoms with Crippen molar-refractivity contribution in [2.45, 2.75) is 33.7 Å². The number of nitrogens with one attached hydrogen (secondary N) is 1. The van der Waals surface area contributed by atoms with Crippen molar-refractivity contribution in [3.63, 3.8) is 0 Å². The van der Waals surface area contributed by atoms with Crippen LogP contribution in [-0.4, -0.2) is 30.8 Å². The van der Waals surface area contributed by atoms with Crippen molar-refractivity contribution in [3.05, 3.63) is 28.8 Å². The van der Waals surface area contributed by atoms with Crippen molar-refractivity contribution in [2.75, 3.05) is 18.0 Å². The van der Waals surface area contributed by atoms with Gasteiger partial charge in [0.1, 0.15) is 0 Å². The normalized spacial score (nSPS) is 14.5. The monoisotopic (exact) mass is 260 g/mol. The first-order valence-electron chi connectivity index (χ1n) is 6.63. The minimum atomic E-state index is -0.408. The smallest absolute Gasteiger partial charge is 0.299 e. The maximum Gasteiger partial charge on any atom is 0.299 e. The summed E-state index contributed by atoms with van der Waals surface area (Å²) in [6.07, 6.45) is 0. The van der Waals surface area contributed by atoms with E-state index in [0.717, 1.165) is 16.8 Å². The number of amides is 1. The maximum absolute atomic E-state index is 12.1. The quantitative estimate of drug-likeness (QED) is 0.840. The maximum atomic E-state index is 12.1. The van der Waals surface area contributed by atoms with Crippen LogP contribution in [0.3, 0.4) is 0 Å². The first-order chi connectivity index (χ1) is 8.93. The number of carbonyl (C=O) groups is 2. The number of benzene rings is 1. The van der Waals surface area contributed by atoms with E-state index in [1.165, 1.54) is 0 Å². The fourth-order valence-corrected chi connectivity index (χ4v) is 2.35. The molecule has 0 unspecified atom stereocenters. The summed E-state index contributed by atoms with van der Waals surface area (Å²) in [6.45, 7) is 9.28. The zero-order valence-electron chi connectivity index (χ0n) is 11.9. The molecule has 0 fully saturated rings. The second kappa shape index (κ2) is 5.13. The summed E-state index contributed by atoms with van der Waals surface area (Å²) in [5.41, 5.74) is 3.45. The molecule has 0 saturated heterocycles. The predicted molar refractivity (Wildman–Crippen MR) is 75.7 cm³/mol. The van der Waals surface area contributed by atoms with Gasteiger partial charge in [-0.3, -0.25) is 9.59 Å². The SMILES string of the molecule is Cc1ccc2c(c1C)N(CCNC(C)C)C(=O)C2=O. The van der Waals surface area contributed by atoms with E-state index in [4.69, 9.17) is 0 Å². The summed E-state index contributed by atoms with van der Waals surface area (Å²) in [4.78, 5) is 25.6. The largest absolute Gasteiger partial charge is 0.313 e. The Kier molecular flexibility index (Phi) is 3.71. The molecule has 0 bridgehead atoms. The molecule has 0 atom stereocenters. The summed E-state index contributed by atoms with van der Waals surface area (Å²) in [5, 5.41) is 3.27. The summed E-state index contributed by atoms with van der Waals surface area (Å²) in [5.74, 6) is -0.795. The van der Waals surface area contributed by atoms with Crippen LogP contribution in [0.2, 0.25) is 0 Å². The molecule has 19 heavy (non-hydrogen) atoms. The van der Waals surface area contributed by atoms with E-state index < -0.39 is 5.91 Å². The molecule has 1 aliphatic rings. The third-order valence-electron chi connectivity index (χ3n) is 3.54. The number of anilines is 1. The topological polar surface area (TPSA) is 49.4 Å². The summed E-state index contributed by atoms with van der Waals surface area (Å²) >= 11 is 0. The second-order valence-electron chi connectivity index (χ2n) is 5.30. The Morgan fingerprint density at radius 3 is 2.53 bits per heavy atom. The first-order valence-corrected chi connectivity index (χ1v) is 6.63. The fraction of sp³-hybridized carbons (Fsp3) is 0.467. The van der Waals surface area contributed by atoms with Gasteiger partial charge in [0.2, 0.25) is 0 Å². The first kappa shape index (κ1) is 13.7. The third kappa shape index (κ3) is 2.40. The highest BCUT2D eigenvalue weighted by atomic mass is 16.2. The molecular formula is C15H20N2O2. The van der Waals surface area contributed by atoms with Gasteiger partial charge in [-0.15, -0.1) is 0 Å². The Bertz CT molecular complexity index is 535. The molecule has 1 aromatic rings. The molecule has 0 spiro atoms. The Balaban J connectivity index is 2.30. The van der Waals surface area contributed by atoms with Gasteiger partial charge in [0.15, 0.2) is 0 Å². The van der Waals surface area contributed by atoms with Crippen LogP contribution < -0.4 is 10.2 Å². The average molecular weight is 260 g/mol. The van der Waals surface area contributed by atoms with E-state index in [9.17, 15) is 9.59 Å². The van der Waals surface area contributed by atoms with Crippen LogP contribution in [0.4, 0.5) is 5.69 Å². The lowest BCUT2D eigenvalue weighted by Gasteiger charge is -2.20. The average Bonchev–Trinajstić information content (AvgIpc) is 2.59. The van der Waals surface area contributed by atoms with Crippen LogP contribution in [0.15, 0.2) is 12.1 Å². The van der Waals surface area contributed by atoms with E-state index in [1.807, 2.05) is 19.9 Å². The number of Topliss-reactive ketones (excluding diaryl/α,β-unsaturated/α-hetero) is 1. The van der Waals surface area contributed by atoms with Gasteiger partial charge < -0.3 is 10.2 Å². The standard InChI is InChI=1S/C15H20N2O2/c1-9(2)16-7-8-17-13-11(4)10(3)5-6-12(13)14(18)15(17)19/h5-6,9,16H,7-8H2,1-4H3. The van der Waals surface area contributed by atoms with Crippen molar-refractivity contribution in [1.82, 2.24) is 5.32 Å². The number of fused-ring (bicyclic) bond motifs is 1. The van der Waals surface area contributed by atoms with Crippen LogP contribution in [-0.2, 0) is 4.79 Å². The summed E-state index contributed by atoms with van der Waals surface area (Å²) < 4.78 is 0. The molecule has 0 saturated carbocycles. The molecule has 1 amide bonds. The molecule has 1 heterocycles. The lowest BCUT2D eigenvalue weighted by Crippen LogP contribution is -2.38. The molecule has 2 rings (SSSR count). The van der Waals surface area contributed by atoms with Crippen LogP contribution in [0.1, 0.15) is 35.3 Å². The number of rotatable bonds is 4. The Morgan fingerprint density at radius 1 is 1.21 bits per heavy atom. The molecule has 4 heteroatoms. The lowest BCUT2D eigenvalue weighted by atomic mass is 10.0. The highest BCUT2D eigenvalue weighted by Crippen LogP contribution is 2.33. The van der Waals surface area contributed by atoms with Gasteiger partial charge in [-0.05, 0) is 31.0 Å². The Hall–Kier alpha value is -1.68. The molecular weight excluding hydrogens is 240 g/mol. The van der Waals surface area contributed by atoms with Gasteiger partial charge in [-0.25, -0.2) is 0 Å². The minimum Gasteiger partial charge on any atom is -0.313 e. The molecule has 0 aliphatic carbocycles. The molecule has 102 valence electrons. The van der Waals surface area contributed by atoms with E-state index in [0.29, 0.717) is 24.7 Å². The highest BCUT2D eigenvalue weighted by molar-refractivity contribution is 6.52. The van der Waals surface area contributed by atoms with Crippen LogP contribution in [0.25, 0.3) is 0 Å². The number of hydrogen-bond donors (Lipinski definition) is 1. The Labute approximate surface area is 113 Å². The van der Waals surface area contributed by atoms with E-state index in [2.05, 4.69) is 19.2 Å². The van der Waals surface area contributed by atoms with Crippen molar-refractivity contribution in [2.24, 2.45) is 0 Å². The molecule has 1 aromatic carbocycles. The van der Waals surface area contributed by atoms with Crippen molar-refractivity contribution >= 4 is 17.4 Å². The van der Waals surface area contributed by atoms with Crippen LogP contribution >= 0.6 is 0 Å². The predicted octanol–water partition coefficient (Wildman–Crippen LogP) is 1.83. The zero-order chi connectivity index (χ0) is 14.2. The fourth-order valence-electron chi connectivity index (χ4n) is 2.35. The van der Waals surface area contributed by atoms with E-state index in [1.54, 1.807) is 11.0 Å². The van der Waals surface area contributed by atoms with Gasteiger partial charge in [-0.1, -0.05) is 19.9 Å². The third-order valence-corrected chi connectivity index (χ3v) is 3.54. The number of carbonyl (C=O) groups excluding carboxylic acids is 2. The zero-order valence-corrected chi connectivity index (χ0v) is 11.9. The van der Waals surface area contributed by atoms with E-state index >= 15 is 0 Å². The van der Waals surface area contributed by atoms with Crippen molar-refractivity contribution in [3.8, 4) is 0 Å². The van der Waals surface area contributed by atoms with Gasteiger partial charge in [0.25, 0.3) is 11.7 Å². The second-order valence-corrected chi connectivity index (χ2v) is 5.30.